The van der Waals surface area contributed by atoms with Crippen LogP contribution in [-0.4, -0.2) is 10.9 Å². The molecule has 0 fully saturated rings. The number of amides is 1. The smallest absolute Gasteiger partial charge is 0.427 e. The number of carbonyl (C=O) groups is 1. The standard InChI is InChI=1S/C15H9F3N2O2S/c16-15(17,18)12-11(10-7-4-8-22-10)19-14(23-12)20-13(21)9-5-2-1-3-6-9/h1-8H,(H,19,20,21). The topological polar surface area (TPSA) is 55.1 Å². The van der Waals surface area contributed by atoms with Gasteiger partial charge in [0.15, 0.2) is 10.9 Å². The van der Waals surface area contributed by atoms with E-state index in [9.17, 15) is 18.0 Å². The Hall–Kier alpha value is -2.61. The lowest BCUT2D eigenvalue weighted by Crippen LogP contribution is -2.11. The van der Waals surface area contributed by atoms with E-state index in [0.717, 1.165) is 0 Å². The first-order valence-corrected chi connectivity index (χ1v) is 7.25. The molecule has 0 saturated heterocycles. The molecule has 0 atom stereocenters. The normalized spacial score (nSPS) is 11.4. The maximum absolute atomic E-state index is 13.1. The molecular weight excluding hydrogens is 329 g/mol. The van der Waals surface area contributed by atoms with Crippen LogP contribution in [0.4, 0.5) is 18.3 Å². The lowest BCUT2D eigenvalue weighted by Gasteiger charge is -2.03. The van der Waals surface area contributed by atoms with Gasteiger partial charge in [0.25, 0.3) is 5.91 Å². The number of hydrogen-bond donors (Lipinski definition) is 1. The number of thiazole rings is 1. The van der Waals surface area contributed by atoms with Crippen molar-refractivity contribution in [2.45, 2.75) is 6.18 Å². The van der Waals surface area contributed by atoms with E-state index < -0.39 is 17.0 Å². The lowest BCUT2D eigenvalue weighted by atomic mass is 10.2. The van der Waals surface area contributed by atoms with E-state index in [2.05, 4.69) is 10.3 Å². The molecule has 2 aromatic heterocycles. The van der Waals surface area contributed by atoms with Crippen molar-refractivity contribution in [2.75, 3.05) is 5.32 Å². The Morgan fingerprint density at radius 1 is 1.13 bits per heavy atom. The molecule has 4 nitrogen and oxygen atoms in total. The molecule has 118 valence electrons. The molecule has 23 heavy (non-hydrogen) atoms. The van der Waals surface area contributed by atoms with Crippen molar-refractivity contribution in [3.63, 3.8) is 0 Å². The number of nitrogens with one attached hydrogen (secondary N) is 1. The maximum Gasteiger partial charge on any atom is 0.427 e. The minimum Gasteiger partial charge on any atom is -0.463 e. The Morgan fingerprint density at radius 3 is 2.48 bits per heavy atom. The van der Waals surface area contributed by atoms with Crippen LogP contribution >= 0.6 is 11.3 Å². The number of rotatable bonds is 3. The third-order valence-electron chi connectivity index (χ3n) is 2.90. The molecule has 2 heterocycles. The minimum atomic E-state index is -4.59. The van der Waals surface area contributed by atoms with Gasteiger partial charge in [0, 0.05) is 5.56 Å². The zero-order valence-electron chi connectivity index (χ0n) is 11.4. The Morgan fingerprint density at radius 2 is 1.87 bits per heavy atom. The molecule has 0 aliphatic carbocycles. The monoisotopic (exact) mass is 338 g/mol. The molecule has 0 unspecified atom stereocenters. The molecule has 1 amide bonds. The first kappa shape index (κ1) is 15.3. The van der Waals surface area contributed by atoms with Gasteiger partial charge in [-0.3, -0.25) is 10.1 Å². The summed E-state index contributed by atoms with van der Waals surface area (Å²) >= 11 is 0.360. The van der Waals surface area contributed by atoms with Crippen LogP contribution in [0.15, 0.2) is 53.1 Å². The molecular formula is C15H9F3N2O2S. The fourth-order valence-corrected chi connectivity index (χ4v) is 2.74. The Kier molecular flexibility index (Phi) is 3.91. The highest BCUT2D eigenvalue weighted by Gasteiger charge is 2.38. The van der Waals surface area contributed by atoms with E-state index >= 15 is 0 Å². The molecule has 0 saturated carbocycles. The van der Waals surface area contributed by atoms with Gasteiger partial charge < -0.3 is 4.42 Å². The number of hydrogen-bond acceptors (Lipinski definition) is 4. The van der Waals surface area contributed by atoms with Crippen molar-refractivity contribution in [2.24, 2.45) is 0 Å². The summed E-state index contributed by atoms with van der Waals surface area (Å²) in [5.41, 5.74) is -0.00771. The van der Waals surface area contributed by atoms with Crippen molar-refractivity contribution < 1.29 is 22.4 Å². The number of anilines is 1. The molecule has 0 aliphatic rings. The van der Waals surface area contributed by atoms with E-state index in [1.165, 1.54) is 18.4 Å². The number of nitrogens with zero attached hydrogens (tertiary/aromatic N) is 1. The summed E-state index contributed by atoms with van der Waals surface area (Å²) < 4.78 is 44.4. The fourth-order valence-electron chi connectivity index (χ4n) is 1.90. The van der Waals surface area contributed by atoms with E-state index in [-0.39, 0.29) is 16.6 Å². The van der Waals surface area contributed by atoms with Gasteiger partial charge in [-0.1, -0.05) is 29.5 Å². The maximum atomic E-state index is 13.1. The minimum absolute atomic E-state index is 0.00575. The molecule has 0 aliphatic heterocycles. The number of aromatic nitrogens is 1. The summed E-state index contributed by atoms with van der Waals surface area (Å²) in [6.07, 6.45) is -3.33. The molecule has 3 aromatic rings. The van der Waals surface area contributed by atoms with Crippen LogP contribution < -0.4 is 5.32 Å². The van der Waals surface area contributed by atoms with Crippen LogP contribution in [-0.2, 0) is 6.18 Å². The third kappa shape index (κ3) is 3.26. The second kappa shape index (κ2) is 5.88. The average molecular weight is 338 g/mol. The van der Waals surface area contributed by atoms with Gasteiger partial charge in [0.2, 0.25) is 0 Å². The summed E-state index contributed by atoms with van der Waals surface area (Å²) in [6, 6.07) is 11.0. The van der Waals surface area contributed by atoms with Gasteiger partial charge in [-0.2, -0.15) is 13.2 Å². The average Bonchev–Trinajstić information content (AvgIpc) is 3.16. The van der Waals surface area contributed by atoms with E-state index in [4.69, 9.17) is 4.42 Å². The van der Waals surface area contributed by atoms with Crippen molar-refractivity contribution in [3.05, 3.63) is 59.2 Å². The highest BCUT2D eigenvalue weighted by atomic mass is 32.1. The van der Waals surface area contributed by atoms with Crippen LogP contribution in [0.5, 0.6) is 0 Å². The first-order valence-electron chi connectivity index (χ1n) is 6.43. The quantitative estimate of drug-likeness (QED) is 0.755. The second-order valence-electron chi connectivity index (χ2n) is 4.49. The van der Waals surface area contributed by atoms with E-state index in [1.807, 2.05) is 0 Å². The third-order valence-corrected chi connectivity index (χ3v) is 3.91. The van der Waals surface area contributed by atoms with Gasteiger partial charge in [-0.05, 0) is 24.3 Å². The van der Waals surface area contributed by atoms with Crippen molar-refractivity contribution >= 4 is 22.4 Å². The van der Waals surface area contributed by atoms with Crippen LogP contribution in [0.25, 0.3) is 11.5 Å². The summed E-state index contributed by atoms with van der Waals surface area (Å²) in [7, 11) is 0. The zero-order valence-corrected chi connectivity index (χ0v) is 12.2. The van der Waals surface area contributed by atoms with Gasteiger partial charge in [0.1, 0.15) is 10.6 Å². The number of benzene rings is 1. The summed E-state index contributed by atoms with van der Waals surface area (Å²) in [4.78, 5) is 15.0. The fraction of sp³-hybridized carbons (Fsp3) is 0.0667. The second-order valence-corrected chi connectivity index (χ2v) is 5.49. The number of alkyl halides is 3. The van der Waals surface area contributed by atoms with E-state index in [1.54, 1.807) is 30.3 Å². The van der Waals surface area contributed by atoms with Crippen LogP contribution in [0, 0.1) is 0 Å². The molecule has 0 spiro atoms. The summed E-state index contributed by atoms with van der Waals surface area (Å²) in [5.74, 6) is -0.534. The van der Waals surface area contributed by atoms with Crippen LogP contribution in [0.3, 0.4) is 0 Å². The van der Waals surface area contributed by atoms with Gasteiger partial charge in [-0.15, -0.1) is 0 Å². The molecule has 0 radical (unpaired) electrons. The Balaban J connectivity index is 1.94. The molecule has 1 aromatic carbocycles. The van der Waals surface area contributed by atoms with Gasteiger partial charge in [-0.25, -0.2) is 4.98 Å². The molecule has 1 N–H and O–H groups in total. The first-order chi connectivity index (χ1) is 10.9. The molecule has 8 heteroatoms. The summed E-state index contributed by atoms with van der Waals surface area (Å²) in [5, 5.41) is 2.24. The predicted octanol–water partition coefficient (Wildman–Crippen LogP) is 4.67. The van der Waals surface area contributed by atoms with Gasteiger partial charge in [0.05, 0.1) is 6.26 Å². The SMILES string of the molecule is O=C(Nc1nc(-c2ccco2)c(C(F)(F)F)s1)c1ccccc1. The van der Waals surface area contributed by atoms with Crippen molar-refractivity contribution in [1.82, 2.24) is 4.98 Å². The highest BCUT2D eigenvalue weighted by Crippen LogP contribution is 2.42. The number of carbonyl (C=O) groups excluding carboxylic acids is 1. The van der Waals surface area contributed by atoms with Crippen LogP contribution in [0.1, 0.15) is 15.2 Å². The zero-order chi connectivity index (χ0) is 16.4. The largest absolute Gasteiger partial charge is 0.463 e. The predicted molar refractivity (Wildman–Crippen MR) is 79.2 cm³/mol. The van der Waals surface area contributed by atoms with E-state index in [0.29, 0.717) is 16.9 Å². The number of furan rings is 1. The molecule has 3 rings (SSSR count). The Labute approximate surface area is 132 Å². The highest BCUT2D eigenvalue weighted by molar-refractivity contribution is 7.16. The van der Waals surface area contributed by atoms with Crippen molar-refractivity contribution in [1.29, 1.82) is 0 Å². The van der Waals surface area contributed by atoms with Crippen molar-refractivity contribution in [3.8, 4) is 11.5 Å². The Bertz CT molecular complexity index is 811. The van der Waals surface area contributed by atoms with Crippen LogP contribution in [0.2, 0.25) is 0 Å². The number of halogens is 3. The molecule has 0 bridgehead atoms. The summed E-state index contributed by atoms with van der Waals surface area (Å²) in [6.45, 7) is 0. The van der Waals surface area contributed by atoms with Gasteiger partial charge >= 0.3 is 6.18 Å². The lowest BCUT2D eigenvalue weighted by molar-refractivity contribution is -0.134.